The number of carboxylic acids is 1. The fraction of sp³-hybridized carbons (Fsp3) is 0.897. The lowest BCUT2D eigenvalue weighted by molar-refractivity contribution is -0.576. The van der Waals surface area contributed by atoms with E-state index in [4.69, 9.17) is 28.7 Å². The van der Waals surface area contributed by atoms with Crippen molar-refractivity contribution in [2.75, 3.05) is 6.61 Å². The van der Waals surface area contributed by atoms with Crippen LogP contribution < -0.4 is 5.32 Å². The molecule has 1 spiro atoms. The number of ether oxygens (including phenoxy) is 4. The van der Waals surface area contributed by atoms with Gasteiger partial charge in [0.25, 0.3) is 0 Å². The van der Waals surface area contributed by atoms with E-state index in [9.17, 15) is 19.5 Å². The maximum Gasteiger partial charge on any atom is 0.308 e. The number of fused-ring (bicyclic) bond motifs is 2. The van der Waals surface area contributed by atoms with Gasteiger partial charge in [0, 0.05) is 37.3 Å². The molecule has 0 unspecified atom stereocenters. The fourth-order valence-electron chi connectivity index (χ4n) is 7.84. The normalized spacial score (nSPS) is 42.7. The summed E-state index contributed by atoms with van der Waals surface area (Å²) in [4.78, 5) is 49.1. The summed E-state index contributed by atoms with van der Waals surface area (Å²) in [5, 5.41) is 12.3. The van der Waals surface area contributed by atoms with Crippen LogP contribution in [0.15, 0.2) is 0 Å². The lowest BCUT2D eigenvalue weighted by atomic mass is 9.58. The van der Waals surface area contributed by atoms with E-state index in [1.807, 2.05) is 27.7 Å². The molecule has 6 rings (SSSR count). The van der Waals surface area contributed by atoms with Crippen LogP contribution in [0, 0.1) is 29.6 Å². The van der Waals surface area contributed by atoms with Crippen molar-refractivity contribution in [2.24, 2.45) is 29.6 Å². The van der Waals surface area contributed by atoms with Crippen molar-refractivity contribution in [3.05, 3.63) is 0 Å². The maximum atomic E-state index is 12.9. The van der Waals surface area contributed by atoms with E-state index in [-0.39, 0.29) is 54.4 Å². The summed E-state index contributed by atoms with van der Waals surface area (Å²) in [5.41, 5.74) is -1.12. The van der Waals surface area contributed by atoms with Gasteiger partial charge in [0.05, 0.1) is 18.4 Å². The third kappa shape index (κ3) is 5.77. The molecule has 2 N–H and O–H groups in total. The zero-order chi connectivity index (χ0) is 28.9. The molecule has 11 heteroatoms. The van der Waals surface area contributed by atoms with Crippen LogP contribution in [0.1, 0.15) is 92.4 Å². The van der Waals surface area contributed by atoms with Crippen molar-refractivity contribution in [1.82, 2.24) is 5.32 Å². The molecular formula is C29H45NO10. The molecular weight excluding hydrogens is 522 g/mol. The number of carboxylic acid groups (broad SMARTS) is 1. The van der Waals surface area contributed by atoms with E-state index >= 15 is 0 Å². The Bertz CT molecular complexity index is 988. The minimum atomic E-state index is -0.979. The Morgan fingerprint density at radius 1 is 1.02 bits per heavy atom. The molecule has 2 bridgehead atoms. The van der Waals surface area contributed by atoms with Crippen molar-refractivity contribution in [1.29, 1.82) is 0 Å². The van der Waals surface area contributed by atoms with Gasteiger partial charge in [-0.1, -0.05) is 13.8 Å². The van der Waals surface area contributed by atoms with E-state index in [0.29, 0.717) is 31.8 Å². The zero-order valence-corrected chi connectivity index (χ0v) is 24.3. The second kappa shape index (κ2) is 11.1. The number of carbonyl (C=O) groups excluding carboxylic acids is 2. The molecule has 5 saturated heterocycles. The van der Waals surface area contributed by atoms with Crippen LogP contribution in [0.3, 0.4) is 0 Å². The third-order valence-corrected chi connectivity index (χ3v) is 9.95. The van der Waals surface area contributed by atoms with Gasteiger partial charge in [-0.2, -0.15) is 0 Å². The Morgan fingerprint density at radius 3 is 2.52 bits per heavy atom. The summed E-state index contributed by atoms with van der Waals surface area (Å²) >= 11 is 0. The SMILES string of the molecule is C[C@H]1[C@H](OC(=O)CCC(=O)N[C@@H](CC(=O)O)[C@@H]2CCOC(C)(C)C2)O[C@@H]2O[C@@]3(C)CC[C@H]4[C@H](C)CC[C@@H]1[C@]24OO3. The molecule has 1 saturated carbocycles. The molecule has 1 aliphatic carbocycles. The van der Waals surface area contributed by atoms with Gasteiger partial charge >= 0.3 is 11.9 Å². The van der Waals surface area contributed by atoms with Gasteiger partial charge in [0.1, 0.15) is 0 Å². The van der Waals surface area contributed by atoms with Crippen LogP contribution in [0.4, 0.5) is 0 Å². The van der Waals surface area contributed by atoms with Crippen molar-refractivity contribution >= 4 is 17.8 Å². The number of carbonyl (C=O) groups is 3. The lowest BCUT2D eigenvalue weighted by Crippen LogP contribution is -2.70. The van der Waals surface area contributed by atoms with Crippen LogP contribution in [-0.2, 0) is 43.1 Å². The van der Waals surface area contributed by atoms with Gasteiger partial charge in [-0.05, 0) is 70.6 Å². The van der Waals surface area contributed by atoms with Gasteiger partial charge < -0.3 is 29.4 Å². The molecule has 11 nitrogen and oxygen atoms in total. The van der Waals surface area contributed by atoms with E-state index in [1.165, 1.54) is 0 Å². The number of nitrogens with one attached hydrogen (secondary N) is 1. The van der Waals surface area contributed by atoms with Crippen molar-refractivity contribution < 1.29 is 48.2 Å². The molecule has 226 valence electrons. The number of rotatable bonds is 8. The first-order chi connectivity index (χ1) is 18.8. The molecule has 5 aliphatic heterocycles. The predicted octanol–water partition coefficient (Wildman–Crippen LogP) is 3.68. The highest BCUT2D eigenvalue weighted by Gasteiger charge is 2.69. The third-order valence-electron chi connectivity index (χ3n) is 9.95. The lowest BCUT2D eigenvalue weighted by Gasteiger charge is -2.59. The molecule has 6 fully saturated rings. The van der Waals surface area contributed by atoms with Gasteiger partial charge in [-0.3, -0.25) is 14.4 Å². The first-order valence-electron chi connectivity index (χ1n) is 14.9. The average Bonchev–Trinajstić information content (AvgIpc) is 3.10. The molecule has 10 atom stereocenters. The predicted molar refractivity (Wildman–Crippen MR) is 139 cm³/mol. The van der Waals surface area contributed by atoms with Gasteiger partial charge in [0.15, 0.2) is 11.9 Å². The van der Waals surface area contributed by atoms with Crippen LogP contribution in [-0.4, -0.2) is 65.2 Å². The highest BCUT2D eigenvalue weighted by atomic mass is 17.3. The fourth-order valence-corrected chi connectivity index (χ4v) is 7.84. The first kappa shape index (κ1) is 29.7. The zero-order valence-electron chi connectivity index (χ0n) is 24.3. The highest BCUT2D eigenvalue weighted by Crippen LogP contribution is 2.60. The number of aliphatic carboxylic acids is 1. The second-order valence-corrected chi connectivity index (χ2v) is 13.4. The van der Waals surface area contributed by atoms with Crippen molar-refractivity contribution in [2.45, 2.75) is 128 Å². The van der Waals surface area contributed by atoms with Gasteiger partial charge in [-0.15, -0.1) is 0 Å². The number of esters is 1. The number of amides is 1. The van der Waals surface area contributed by atoms with Crippen LogP contribution in [0.25, 0.3) is 0 Å². The molecule has 0 radical (unpaired) electrons. The van der Waals surface area contributed by atoms with Crippen LogP contribution in [0.2, 0.25) is 0 Å². The summed E-state index contributed by atoms with van der Waals surface area (Å²) in [7, 11) is 0. The molecule has 0 aromatic rings. The second-order valence-electron chi connectivity index (χ2n) is 13.4. The minimum absolute atomic E-state index is 0.0236. The van der Waals surface area contributed by atoms with E-state index < -0.39 is 41.9 Å². The Hall–Kier alpha value is -1.79. The van der Waals surface area contributed by atoms with Gasteiger partial charge in [0.2, 0.25) is 18.0 Å². The quantitative estimate of drug-likeness (QED) is 0.330. The summed E-state index contributed by atoms with van der Waals surface area (Å²) < 4.78 is 24.1. The topological polar surface area (TPSA) is 139 Å². The smallest absolute Gasteiger partial charge is 0.308 e. The molecule has 5 heterocycles. The molecule has 6 aliphatic rings. The average molecular weight is 568 g/mol. The maximum absolute atomic E-state index is 12.9. The van der Waals surface area contributed by atoms with E-state index in [0.717, 1.165) is 19.3 Å². The van der Waals surface area contributed by atoms with Crippen molar-refractivity contribution in [3.63, 3.8) is 0 Å². The first-order valence-corrected chi connectivity index (χ1v) is 14.9. The number of hydrogen-bond donors (Lipinski definition) is 2. The van der Waals surface area contributed by atoms with E-state index in [2.05, 4.69) is 12.2 Å². The Balaban J connectivity index is 1.19. The van der Waals surface area contributed by atoms with Crippen molar-refractivity contribution in [3.8, 4) is 0 Å². The largest absolute Gasteiger partial charge is 0.481 e. The number of hydrogen-bond acceptors (Lipinski definition) is 9. The summed E-state index contributed by atoms with van der Waals surface area (Å²) in [5.74, 6) is -2.34. The molecule has 0 aromatic heterocycles. The Morgan fingerprint density at radius 2 is 1.80 bits per heavy atom. The Labute approximate surface area is 235 Å². The minimum Gasteiger partial charge on any atom is -0.481 e. The molecule has 40 heavy (non-hydrogen) atoms. The molecule has 0 aromatic carbocycles. The van der Waals surface area contributed by atoms with Crippen LogP contribution in [0.5, 0.6) is 0 Å². The summed E-state index contributed by atoms with van der Waals surface area (Å²) in [6.07, 6.45) is 2.85. The Kier molecular flexibility index (Phi) is 8.26. The summed E-state index contributed by atoms with van der Waals surface area (Å²) in [6.45, 7) is 10.5. The summed E-state index contributed by atoms with van der Waals surface area (Å²) in [6, 6.07) is -0.532. The van der Waals surface area contributed by atoms with Crippen LogP contribution >= 0.6 is 0 Å². The van der Waals surface area contributed by atoms with E-state index in [1.54, 1.807) is 0 Å². The monoisotopic (exact) mass is 567 g/mol. The molecule has 1 amide bonds. The standard InChI is InChI=1S/C29H45NO10/c1-16-6-7-20-17(2)25(37-26-29(20)19(16)10-12-28(5,38-26)39-40-29)36-24(34)9-8-22(31)30-21(14-23(32)33)18-11-13-35-27(3,4)15-18/h16-21,25-26H,6-15H2,1-5H3,(H,30,31)(H,32,33)/t16-,17-,18-,19+,20+,21+,25-,26-,28-,29+/m1/s1. The van der Waals surface area contributed by atoms with Gasteiger partial charge in [-0.25, -0.2) is 9.78 Å². The highest BCUT2D eigenvalue weighted by molar-refractivity contribution is 5.82.